The molecule has 0 bridgehead atoms. The zero-order valence-corrected chi connectivity index (χ0v) is 14.3. The van der Waals surface area contributed by atoms with Gasteiger partial charge in [-0.25, -0.2) is 0 Å². The third kappa shape index (κ3) is 3.27. The van der Waals surface area contributed by atoms with E-state index in [2.05, 4.69) is 27.0 Å². The fourth-order valence-electron chi connectivity index (χ4n) is 3.89. The van der Waals surface area contributed by atoms with E-state index in [1.807, 2.05) is 0 Å². The molecule has 1 amide bonds. The Labute approximate surface area is 145 Å². The second-order valence-electron chi connectivity index (χ2n) is 6.53. The minimum absolute atomic E-state index is 0.144. The fourth-order valence-corrected chi connectivity index (χ4v) is 4.55. The van der Waals surface area contributed by atoms with Gasteiger partial charge in [0, 0.05) is 31.6 Å². The van der Waals surface area contributed by atoms with Crippen LogP contribution in [0.2, 0.25) is 0 Å². The Kier molecular flexibility index (Phi) is 4.69. The number of carbonyl (C=O) groups excluding carboxylic acids is 1. The van der Waals surface area contributed by atoms with Gasteiger partial charge >= 0.3 is 0 Å². The fraction of sp³-hybridized carbons (Fsp3) is 0.500. The van der Waals surface area contributed by atoms with E-state index >= 15 is 0 Å². The maximum Gasteiger partial charge on any atom is 0.286 e. The van der Waals surface area contributed by atoms with Gasteiger partial charge in [-0.3, -0.25) is 9.69 Å². The molecule has 1 saturated heterocycles. The Bertz CT molecular complexity index is 656. The minimum Gasteiger partial charge on any atom is -0.459 e. The highest BCUT2D eigenvalue weighted by Gasteiger charge is 2.42. The van der Waals surface area contributed by atoms with E-state index in [9.17, 15) is 4.79 Å². The van der Waals surface area contributed by atoms with Crippen LogP contribution in [0, 0.1) is 5.92 Å². The lowest BCUT2D eigenvalue weighted by Gasteiger charge is -2.39. The molecule has 1 aliphatic carbocycles. The van der Waals surface area contributed by atoms with Crippen LogP contribution < -0.4 is 5.32 Å². The molecule has 0 unspecified atom stereocenters. The maximum atomic E-state index is 12.0. The molecule has 1 aliphatic heterocycles. The Balaban J connectivity index is 1.35. The minimum atomic E-state index is -0.144. The van der Waals surface area contributed by atoms with Crippen molar-refractivity contribution in [2.24, 2.45) is 5.92 Å². The molecule has 128 valence electrons. The monoisotopic (exact) mass is 346 g/mol. The van der Waals surface area contributed by atoms with Crippen molar-refractivity contribution in [2.45, 2.75) is 31.5 Å². The van der Waals surface area contributed by atoms with Crippen LogP contribution in [0.5, 0.6) is 0 Å². The van der Waals surface area contributed by atoms with Crippen molar-refractivity contribution in [3.05, 3.63) is 46.5 Å². The molecule has 0 aromatic carbocycles. The number of rotatable bonds is 5. The van der Waals surface area contributed by atoms with Gasteiger partial charge in [0.05, 0.1) is 19.0 Å². The predicted octanol–water partition coefficient (Wildman–Crippen LogP) is 2.75. The van der Waals surface area contributed by atoms with Crippen molar-refractivity contribution in [2.75, 3.05) is 19.7 Å². The van der Waals surface area contributed by atoms with Crippen LogP contribution in [0.4, 0.5) is 0 Å². The summed E-state index contributed by atoms with van der Waals surface area (Å²) in [7, 11) is 0. The summed E-state index contributed by atoms with van der Waals surface area (Å²) >= 11 is 1.75. The lowest BCUT2D eigenvalue weighted by molar-refractivity contribution is -0.0757. The quantitative estimate of drug-likeness (QED) is 0.904. The van der Waals surface area contributed by atoms with Gasteiger partial charge in [-0.15, -0.1) is 0 Å². The van der Waals surface area contributed by atoms with Gasteiger partial charge in [-0.05, 0) is 47.4 Å². The summed E-state index contributed by atoms with van der Waals surface area (Å²) in [5.41, 5.74) is 1.38. The van der Waals surface area contributed by atoms with Crippen LogP contribution in [0.3, 0.4) is 0 Å². The highest BCUT2D eigenvalue weighted by molar-refractivity contribution is 7.07. The molecule has 5 nitrogen and oxygen atoms in total. The number of morpholine rings is 1. The summed E-state index contributed by atoms with van der Waals surface area (Å²) in [6, 6.07) is 6.08. The molecule has 24 heavy (non-hydrogen) atoms. The first-order chi connectivity index (χ1) is 11.8. The van der Waals surface area contributed by atoms with E-state index in [1.165, 1.54) is 11.8 Å². The number of amides is 1. The van der Waals surface area contributed by atoms with Crippen molar-refractivity contribution in [1.29, 1.82) is 0 Å². The van der Waals surface area contributed by atoms with Crippen LogP contribution in [0.1, 0.15) is 29.0 Å². The molecule has 3 atom stereocenters. The molecule has 2 aromatic rings. The van der Waals surface area contributed by atoms with Gasteiger partial charge < -0.3 is 14.5 Å². The molecule has 0 spiro atoms. The Morgan fingerprint density at radius 2 is 2.33 bits per heavy atom. The molecule has 2 aliphatic rings. The number of thiophene rings is 1. The molecule has 1 saturated carbocycles. The standard InChI is InChI=1S/C18H22N2O3S/c21-18(16-2-1-7-22-16)19-10-14-3-4-15-17(14)23-8-6-20(15)11-13-5-9-24-12-13/h1-2,5,7,9,12,14-15,17H,3-4,6,8,10-11H2,(H,19,21)/t14-,15+,17+/m0/s1. The lowest BCUT2D eigenvalue weighted by atomic mass is 10.0. The number of hydrogen-bond donors (Lipinski definition) is 1. The lowest BCUT2D eigenvalue weighted by Crippen LogP contribution is -2.50. The Hall–Kier alpha value is -1.63. The SMILES string of the molecule is O=C(NC[C@@H]1CC[C@@H]2[C@@H]1OCCN2Cc1ccsc1)c1ccco1. The number of hydrogen-bond acceptors (Lipinski definition) is 5. The van der Waals surface area contributed by atoms with Crippen LogP contribution in [-0.2, 0) is 11.3 Å². The number of nitrogens with one attached hydrogen (secondary N) is 1. The van der Waals surface area contributed by atoms with Gasteiger partial charge in [0.1, 0.15) is 0 Å². The van der Waals surface area contributed by atoms with Crippen LogP contribution in [0.25, 0.3) is 0 Å². The molecule has 4 rings (SSSR count). The van der Waals surface area contributed by atoms with Gasteiger partial charge in [0.15, 0.2) is 5.76 Å². The predicted molar refractivity (Wildman–Crippen MR) is 92.0 cm³/mol. The van der Waals surface area contributed by atoms with E-state index in [-0.39, 0.29) is 12.0 Å². The Morgan fingerprint density at radius 3 is 3.12 bits per heavy atom. The van der Waals surface area contributed by atoms with Crippen molar-refractivity contribution in [3.63, 3.8) is 0 Å². The highest BCUT2D eigenvalue weighted by atomic mass is 32.1. The van der Waals surface area contributed by atoms with Crippen LogP contribution in [-0.4, -0.2) is 42.6 Å². The summed E-state index contributed by atoms with van der Waals surface area (Å²) < 4.78 is 11.2. The zero-order valence-electron chi connectivity index (χ0n) is 13.5. The topological polar surface area (TPSA) is 54.7 Å². The van der Waals surface area contributed by atoms with Crippen molar-refractivity contribution in [3.8, 4) is 0 Å². The van der Waals surface area contributed by atoms with E-state index in [4.69, 9.17) is 9.15 Å². The molecule has 2 fully saturated rings. The molecule has 0 radical (unpaired) electrons. The van der Waals surface area contributed by atoms with Gasteiger partial charge in [0.25, 0.3) is 5.91 Å². The first kappa shape index (κ1) is 15.9. The molecular weight excluding hydrogens is 324 g/mol. The largest absolute Gasteiger partial charge is 0.459 e. The van der Waals surface area contributed by atoms with Gasteiger partial charge in [-0.1, -0.05) is 0 Å². The molecule has 6 heteroatoms. The van der Waals surface area contributed by atoms with E-state index < -0.39 is 0 Å². The van der Waals surface area contributed by atoms with Crippen LogP contribution >= 0.6 is 11.3 Å². The third-order valence-electron chi connectivity index (χ3n) is 5.07. The Morgan fingerprint density at radius 1 is 1.38 bits per heavy atom. The van der Waals surface area contributed by atoms with E-state index in [1.54, 1.807) is 23.5 Å². The summed E-state index contributed by atoms with van der Waals surface area (Å²) in [4.78, 5) is 14.6. The summed E-state index contributed by atoms with van der Waals surface area (Å²) in [6.45, 7) is 3.41. The highest BCUT2D eigenvalue weighted by Crippen LogP contribution is 2.35. The first-order valence-corrected chi connectivity index (χ1v) is 9.44. The zero-order chi connectivity index (χ0) is 16.4. The molecule has 2 aromatic heterocycles. The number of carbonyl (C=O) groups is 1. The molecule has 3 heterocycles. The van der Waals surface area contributed by atoms with Crippen molar-refractivity contribution in [1.82, 2.24) is 10.2 Å². The average Bonchev–Trinajstić information content (AvgIpc) is 3.34. The molecule has 1 N–H and O–H groups in total. The van der Waals surface area contributed by atoms with Crippen molar-refractivity contribution >= 4 is 17.2 Å². The summed E-state index contributed by atoms with van der Waals surface area (Å²) in [5.74, 6) is 0.599. The normalized spacial score (nSPS) is 27.1. The maximum absolute atomic E-state index is 12.0. The van der Waals surface area contributed by atoms with Crippen LogP contribution in [0.15, 0.2) is 39.6 Å². The number of furan rings is 1. The summed E-state index contributed by atoms with van der Waals surface area (Å²) in [5, 5.41) is 7.35. The second kappa shape index (κ2) is 7.09. The number of fused-ring (bicyclic) bond motifs is 1. The smallest absolute Gasteiger partial charge is 0.286 e. The first-order valence-electron chi connectivity index (χ1n) is 8.49. The molecular formula is C18H22N2O3S. The number of ether oxygens (including phenoxy) is 1. The van der Waals surface area contributed by atoms with E-state index in [0.717, 1.165) is 32.5 Å². The van der Waals surface area contributed by atoms with Gasteiger partial charge in [-0.2, -0.15) is 11.3 Å². The third-order valence-corrected chi connectivity index (χ3v) is 5.80. The van der Waals surface area contributed by atoms with E-state index in [0.29, 0.717) is 24.3 Å². The van der Waals surface area contributed by atoms with Gasteiger partial charge in [0.2, 0.25) is 0 Å². The summed E-state index contributed by atoms with van der Waals surface area (Å²) in [6.07, 6.45) is 3.96. The number of nitrogens with zero attached hydrogens (tertiary/aromatic N) is 1. The average molecular weight is 346 g/mol. The second-order valence-corrected chi connectivity index (χ2v) is 7.31. The van der Waals surface area contributed by atoms with Crippen molar-refractivity contribution < 1.29 is 13.9 Å².